The molecule has 1 atom stereocenters. The number of amides is 2. The van der Waals surface area contributed by atoms with Gasteiger partial charge in [-0.3, -0.25) is 9.59 Å². The lowest BCUT2D eigenvalue weighted by Crippen LogP contribution is -2.55. The van der Waals surface area contributed by atoms with Crippen molar-refractivity contribution in [2.24, 2.45) is 5.41 Å². The molecule has 3 aromatic carbocycles. The molecule has 2 amide bonds. The number of ether oxygens (including phenoxy) is 1. The fraction of sp³-hybridized carbons (Fsp3) is 0.412. The average Bonchev–Trinajstić information content (AvgIpc) is 3.49. The number of nitrogens with zero attached hydrogens (tertiary/aromatic N) is 2. The van der Waals surface area contributed by atoms with E-state index in [4.69, 9.17) is 16.3 Å². The highest BCUT2D eigenvalue weighted by Crippen LogP contribution is 2.45. The molecular weight excluding hydrogens is 539 g/mol. The van der Waals surface area contributed by atoms with Crippen LogP contribution in [0.2, 0.25) is 5.02 Å². The minimum atomic E-state index is -0.651. The summed E-state index contributed by atoms with van der Waals surface area (Å²) in [4.78, 5) is 31.7. The van der Waals surface area contributed by atoms with Gasteiger partial charge in [0, 0.05) is 43.5 Å². The largest absolute Gasteiger partial charge is 0.493 e. The van der Waals surface area contributed by atoms with Crippen LogP contribution in [0.1, 0.15) is 56.1 Å². The van der Waals surface area contributed by atoms with Crippen molar-refractivity contribution >= 4 is 23.4 Å². The second-order valence-corrected chi connectivity index (χ2v) is 12.2. The van der Waals surface area contributed by atoms with E-state index < -0.39 is 10.8 Å². The summed E-state index contributed by atoms with van der Waals surface area (Å²) in [5.74, 6) is 0.490. The van der Waals surface area contributed by atoms with Crippen LogP contribution in [-0.2, 0) is 21.5 Å². The number of piperidine rings is 1. The van der Waals surface area contributed by atoms with Gasteiger partial charge in [-0.05, 0) is 73.2 Å². The number of halogens is 2. The van der Waals surface area contributed by atoms with Crippen molar-refractivity contribution in [3.05, 3.63) is 101 Å². The molecule has 41 heavy (non-hydrogen) atoms. The molecule has 0 bridgehead atoms. The van der Waals surface area contributed by atoms with E-state index in [-0.39, 0.29) is 24.1 Å². The van der Waals surface area contributed by atoms with Gasteiger partial charge in [-0.1, -0.05) is 66.9 Å². The molecule has 1 aliphatic heterocycles. The van der Waals surface area contributed by atoms with Crippen molar-refractivity contribution in [1.82, 2.24) is 9.80 Å². The van der Waals surface area contributed by atoms with Gasteiger partial charge in [-0.2, -0.15) is 0 Å². The van der Waals surface area contributed by atoms with Crippen LogP contribution in [0.5, 0.6) is 5.75 Å². The highest BCUT2D eigenvalue weighted by atomic mass is 35.5. The van der Waals surface area contributed by atoms with E-state index in [2.05, 4.69) is 0 Å². The Bertz CT molecular complexity index is 1330. The smallest absolute Gasteiger partial charge is 0.233 e. The highest BCUT2D eigenvalue weighted by molar-refractivity contribution is 6.30. The van der Waals surface area contributed by atoms with Crippen LogP contribution in [0.4, 0.5) is 4.39 Å². The average molecular weight is 577 g/mol. The zero-order valence-corrected chi connectivity index (χ0v) is 24.4. The van der Waals surface area contributed by atoms with Crippen molar-refractivity contribution in [3.63, 3.8) is 0 Å². The number of hydrogen-bond acceptors (Lipinski definition) is 3. The third kappa shape index (κ3) is 6.75. The number of likely N-dealkylation sites (tertiary alicyclic amines) is 1. The van der Waals surface area contributed by atoms with E-state index in [1.54, 1.807) is 29.2 Å². The fourth-order valence-electron chi connectivity index (χ4n) is 6.54. The molecule has 2 fully saturated rings. The zero-order valence-electron chi connectivity index (χ0n) is 23.7. The topological polar surface area (TPSA) is 49.9 Å². The first kappa shape index (κ1) is 29.1. The molecule has 0 radical (unpaired) electrons. The van der Waals surface area contributed by atoms with Crippen LogP contribution in [0, 0.1) is 11.2 Å². The van der Waals surface area contributed by atoms with Crippen molar-refractivity contribution in [2.45, 2.75) is 56.9 Å². The van der Waals surface area contributed by atoms with Gasteiger partial charge in [0.15, 0.2) is 0 Å². The van der Waals surface area contributed by atoms with E-state index in [0.29, 0.717) is 37.0 Å². The van der Waals surface area contributed by atoms with E-state index in [0.717, 1.165) is 49.7 Å². The van der Waals surface area contributed by atoms with E-state index >= 15 is 0 Å². The van der Waals surface area contributed by atoms with Crippen molar-refractivity contribution < 1.29 is 18.7 Å². The lowest BCUT2D eigenvalue weighted by Gasteiger charge is -2.45. The molecule has 0 unspecified atom stereocenters. The number of carbonyl (C=O) groups is 2. The highest BCUT2D eigenvalue weighted by Gasteiger charge is 2.48. The monoisotopic (exact) mass is 576 g/mol. The predicted molar refractivity (Wildman–Crippen MR) is 159 cm³/mol. The zero-order chi connectivity index (χ0) is 28.9. The Hall–Kier alpha value is -3.38. The summed E-state index contributed by atoms with van der Waals surface area (Å²) < 4.78 is 20.0. The van der Waals surface area contributed by atoms with Crippen LogP contribution in [-0.4, -0.2) is 48.4 Å². The first-order valence-corrected chi connectivity index (χ1v) is 14.9. The van der Waals surface area contributed by atoms with Crippen molar-refractivity contribution in [2.75, 3.05) is 26.7 Å². The Kier molecular flexibility index (Phi) is 8.98. The Morgan fingerprint density at radius 1 is 0.927 bits per heavy atom. The normalized spacial score (nSPS) is 20.0. The second kappa shape index (κ2) is 12.6. The molecule has 0 N–H and O–H groups in total. The van der Waals surface area contributed by atoms with Crippen LogP contribution >= 0.6 is 11.6 Å². The SMILES string of the molecule is CN(Cc1ccccc1)C(=O)C[C@@]1(COc2ccc(Cl)cc2)CCCN(C(=O)C2(c3ccc(F)cc3)CCCC2)C1. The minimum Gasteiger partial charge on any atom is -0.493 e. The number of hydrogen-bond donors (Lipinski definition) is 0. The predicted octanol–water partition coefficient (Wildman–Crippen LogP) is 7.03. The Labute approximate surface area is 247 Å². The summed E-state index contributed by atoms with van der Waals surface area (Å²) in [5, 5.41) is 0.627. The molecule has 1 saturated carbocycles. The van der Waals surface area contributed by atoms with Gasteiger partial charge in [0.2, 0.25) is 11.8 Å². The standard InChI is InChI=1S/C34H38ClFN2O3/c1-37(23-26-8-3-2-4-9-26)31(39)22-33(25-41-30-16-12-28(35)13-17-30)18-7-21-38(24-33)32(40)34(19-5-6-20-34)27-10-14-29(36)15-11-27/h2-4,8-17H,5-7,18-25H2,1H3/t33-/m0/s1. The third-order valence-corrected chi connectivity index (χ3v) is 9.04. The second-order valence-electron chi connectivity index (χ2n) is 11.8. The Morgan fingerprint density at radius 2 is 1.61 bits per heavy atom. The number of carbonyl (C=O) groups excluding carboxylic acids is 2. The first-order valence-electron chi connectivity index (χ1n) is 14.5. The van der Waals surface area contributed by atoms with Crippen LogP contribution in [0.25, 0.3) is 0 Å². The van der Waals surface area contributed by atoms with E-state index in [1.807, 2.05) is 54.4 Å². The van der Waals surface area contributed by atoms with Gasteiger partial charge >= 0.3 is 0 Å². The maximum absolute atomic E-state index is 14.3. The van der Waals surface area contributed by atoms with Gasteiger partial charge in [-0.25, -0.2) is 4.39 Å². The number of rotatable bonds is 9. The molecule has 2 aliphatic rings. The van der Waals surface area contributed by atoms with Crippen LogP contribution in [0.3, 0.4) is 0 Å². The van der Waals surface area contributed by atoms with Gasteiger partial charge in [0.05, 0.1) is 12.0 Å². The molecule has 1 aliphatic carbocycles. The van der Waals surface area contributed by atoms with E-state index in [1.165, 1.54) is 12.1 Å². The molecule has 3 aromatic rings. The number of benzene rings is 3. The summed E-state index contributed by atoms with van der Waals surface area (Å²) >= 11 is 6.08. The van der Waals surface area contributed by atoms with Crippen molar-refractivity contribution in [1.29, 1.82) is 0 Å². The van der Waals surface area contributed by atoms with Gasteiger partial charge in [-0.15, -0.1) is 0 Å². The fourth-order valence-corrected chi connectivity index (χ4v) is 6.66. The molecule has 1 saturated heterocycles. The Balaban J connectivity index is 1.38. The summed E-state index contributed by atoms with van der Waals surface area (Å²) in [6.07, 6.45) is 5.26. The van der Waals surface area contributed by atoms with Gasteiger partial charge < -0.3 is 14.5 Å². The van der Waals surface area contributed by atoms with E-state index in [9.17, 15) is 14.0 Å². The van der Waals surface area contributed by atoms with Gasteiger partial charge in [0.1, 0.15) is 11.6 Å². The molecule has 7 heteroatoms. The first-order chi connectivity index (χ1) is 19.8. The molecule has 0 aromatic heterocycles. The summed E-state index contributed by atoms with van der Waals surface area (Å²) in [6, 6.07) is 23.6. The lowest BCUT2D eigenvalue weighted by atomic mass is 9.74. The minimum absolute atomic E-state index is 0.0250. The molecular formula is C34H38ClFN2O3. The third-order valence-electron chi connectivity index (χ3n) is 8.79. The van der Waals surface area contributed by atoms with Crippen molar-refractivity contribution in [3.8, 4) is 5.75 Å². The Morgan fingerprint density at radius 3 is 2.29 bits per heavy atom. The molecule has 5 nitrogen and oxygen atoms in total. The summed E-state index contributed by atoms with van der Waals surface area (Å²) in [7, 11) is 1.83. The molecule has 5 rings (SSSR count). The molecule has 0 spiro atoms. The summed E-state index contributed by atoms with van der Waals surface area (Å²) in [5.41, 5.74) is 0.756. The van der Waals surface area contributed by atoms with Gasteiger partial charge in [0.25, 0.3) is 0 Å². The van der Waals surface area contributed by atoms with Crippen LogP contribution in [0.15, 0.2) is 78.9 Å². The van der Waals surface area contributed by atoms with Crippen LogP contribution < -0.4 is 4.74 Å². The maximum atomic E-state index is 14.3. The lowest BCUT2D eigenvalue weighted by molar-refractivity contribution is -0.145. The summed E-state index contributed by atoms with van der Waals surface area (Å²) in [6.45, 7) is 1.91. The molecule has 216 valence electrons. The quantitative estimate of drug-likeness (QED) is 0.275. The maximum Gasteiger partial charge on any atom is 0.233 e. The molecule has 1 heterocycles.